The van der Waals surface area contributed by atoms with Crippen molar-refractivity contribution in [2.75, 3.05) is 5.32 Å². The van der Waals surface area contributed by atoms with Crippen LogP contribution < -0.4 is 5.32 Å². The van der Waals surface area contributed by atoms with Crippen LogP contribution >= 0.6 is 22.9 Å². The number of fused-ring (bicyclic) bond motifs is 1. The van der Waals surface area contributed by atoms with Crippen LogP contribution in [0.4, 0.5) is 5.82 Å². The Bertz CT molecular complexity index is 822. The van der Waals surface area contributed by atoms with Gasteiger partial charge in [0.25, 0.3) is 0 Å². The summed E-state index contributed by atoms with van der Waals surface area (Å²) < 4.78 is 0. The van der Waals surface area contributed by atoms with Crippen molar-refractivity contribution >= 4 is 39.0 Å². The zero-order valence-electron chi connectivity index (χ0n) is 13.7. The van der Waals surface area contributed by atoms with Crippen LogP contribution in [0.25, 0.3) is 21.3 Å². The molecule has 0 amide bonds. The molecule has 0 saturated heterocycles. The van der Waals surface area contributed by atoms with Gasteiger partial charge in [-0.05, 0) is 42.5 Å². The van der Waals surface area contributed by atoms with Crippen LogP contribution in [0.15, 0.2) is 29.6 Å². The second-order valence-electron chi connectivity index (χ2n) is 6.25. The Hall–Kier alpha value is -1.65. The predicted molar refractivity (Wildman–Crippen MR) is 101 cm³/mol. The maximum atomic E-state index is 6.06. The zero-order chi connectivity index (χ0) is 16.6. The number of benzene rings is 1. The standard InChI is InChI=1S/C18H20ClN3S/c1-10(2)12-5-7-13(8-6-12)14-9-23-17-15(14)16(20-11(3)4)21-18(19)22-17/h5-11H,1-4H3,(H,20,21,22). The Labute approximate surface area is 145 Å². The molecular formula is C18H20ClN3S. The highest BCUT2D eigenvalue weighted by molar-refractivity contribution is 7.17. The summed E-state index contributed by atoms with van der Waals surface area (Å²) in [5, 5.41) is 6.84. The molecule has 1 N–H and O–H groups in total. The van der Waals surface area contributed by atoms with Gasteiger partial charge in [0.2, 0.25) is 5.28 Å². The highest BCUT2D eigenvalue weighted by Crippen LogP contribution is 2.38. The fraction of sp³-hybridized carbons (Fsp3) is 0.333. The van der Waals surface area contributed by atoms with E-state index in [1.54, 1.807) is 11.3 Å². The number of halogens is 1. The highest BCUT2D eigenvalue weighted by Gasteiger charge is 2.15. The topological polar surface area (TPSA) is 37.8 Å². The lowest BCUT2D eigenvalue weighted by Gasteiger charge is -2.12. The summed E-state index contributed by atoms with van der Waals surface area (Å²) in [4.78, 5) is 9.68. The van der Waals surface area contributed by atoms with Gasteiger partial charge in [-0.1, -0.05) is 38.1 Å². The van der Waals surface area contributed by atoms with Gasteiger partial charge in [0.15, 0.2) is 0 Å². The molecule has 2 heterocycles. The summed E-state index contributed by atoms with van der Waals surface area (Å²) in [6.07, 6.45) is 0. The van der Waals surface area contributed by atoms with Crippen LogP contribution in [0.3, 0.4) is 0 Å². The van der Waals surface area contributed by atoms with Crippen molar-refractivity contribution in [3.05, 3.63) is 40.5 Å². The van der Waals surface area contributed by atoms with E-state index in [-0.39, 0.29) is 11.3 Å². The number of nitrogens with one attached hydrogen (secondary N) is 1. The first-order valence-electron chi connectivity index (χ1n) is 7.77. The van der Waals surface area contributed by atoms with Crippen molar-refractivity contribution in [2.45, 2.75) is 39.7 Å². The summed E-state index contributed by atoms with van der Waals surface area (Å²) in [5.74, 6) is 1.34. The lowest BCUT2D eigenvalue weighted by atomic mass is 9.99. The molecule has 0 bridgehead atoms. The Balaban J connectivity index is 2.14. The molecule has 0 unspecified atom stereocenters. The van der Waals surface area contributed by atoms with Gasteiger partial charge < -0.3 is 5.32 Å². The lowest BCUT2D eigenvalue weighted by molar-refractivity contribution is 0.867. The van der Waals surface area contributed by atoms with E-state index in [1.807, 2.05) is 0 Å². The van der Waals surface area contributed by atoms with Crippen molar-refractivity contribution in [3.63, 3.8) is 0 Å². The molecule has 0 saturated carbocycles. The molecule has 0 radical (unpaired) electrons. The average Bonchev–Trinajstić information content (AvgIpc) is 2.90. The maximum Gasteiger partial charge on any atom is 0.225 e. The fourth-order valence-electron chi connectivity index (χ4n) is 2.55. The van der Waals surface area contributed by atoms with Crippen LogP contribution in [-0.4, -0.2) is 16.0 Å². The third-order valence-corrected chi connectivity index (χ3v) is 4.76. The summed E-state index contributed by atoms with van der Waals surface area (Å²) in [6, 6.07) is 9.00. The number of anilines is 1. The summed E-state index contributed by atoms with van der Waals surface area (Å²) in [5.41, 5.74) is 3.67. The van der Waals surface area contributed by atoms with Crippen LogP contribution in [0.2, 0.25) is 5.28 Å². The van der Waals surface area contributed by atoms with E-state index in [0.717, 1.165) is 21.6 Å². The summed E-state index contributed by atoms with van der Waals surface area (Å²) in [6.45, 7) is 8.58. The SMILES string of the molecule is CC(C)Nc1nc(Cl)nc2scc(-c3ccc(C(C)C)cc3)c12. The van der Waals surface area contributed by atoms with Crippen molar-refractivity contribution in [1.82, 2.24) is 9.97 Å². The Morgan fingerprint density at radius 1 is 1.04 bits per heavy atom. The molecule has 3 nitrogen and oxygen atoms in total. The van der Waals surface area contributed by atoms with Crippen molar-refractivity contribution in [1.29, 1.82) is 0 Å². The molecule has 120 valence electrons. The van der Waals surface area contributed by atoms with Gasteiger partial charge in [-0.25, -0.2) is 9.97 Å². The van der Waals surface area contributed by atoms with E-state index >= 15 is 0 Å². The first-order valence-corrected chi connectivity index (χ1v) is 9.03. The van der Waals surface area contributed by atoms with E-state index < -0.39 is 0 Å². The van der Waals surface area contributed by atoms with Crippen molar-refractivity contribution in [3.8, 4) is 11.1 Å². The largest absolute Gasteiger partial charge is 0.367 e. The molecule has 0 aliphatic carbocycles. The van der Waals surface area contributed by atoms with Gasteiger partial charge in [-0.2, -0.15) is 0 Å². The minimum Gasteiger partial charge on any atom is -0.367 e. The van der Waals surface area contributed by atoms with Crippen molar-refractivity contribution in [2.24, 2.45) is 0 Å². The van der Waals surface area contributed by atoms with E-state index in [1.165, 1.54) is 11.1 Å². The number of rotatable bonds is 4. The normalized spacial score (nSPS) is 11.6. The quantitative estimate of drug-likeness (QED) is 0.593. The van der Waals surface area contributed by atoms with E-state index in [2.05, 4.69) is 72.6 Å². The average molecular weight is 346 g/mol. The lowest BCUT2D eigenvalue weighted by Crippen LogP contribution is -2.11. The van der Waals surface area contributed by atoms with Gasteiger partial charge in [0.05, 0.1) is 5.39 Å². The maximum absolute atomic E-state index is 6.06. The first-order chi connectivity index (χ1) is 11.0. The Morgan fingerprint density at radius 3 is 2.35 bits per heavy atom. The summed E-state index contributed by atoms with van der Waals surface area (Å²) >= 11 is 7.66. The molecule has 0 spiro atoms. The zero-order valence-corrected chi connectivity index (χ0v) is 15.3. The molecule has 23 heavy (non-hydrogen) atoms. The van der Waals surface area contributed by atoms with E-state index in [4.69, 9.17) is 11.6 Å². The van der Waals surface area contributed by atoms with Crippen LogP contribution in [-0.2, 0) is 0 Å². The first kappa shape index (κ1) is 16.2. The second-order valence-corrected chi connectivity index (χ2v) is 7.44. The molecule has 0 aliphatic heterocycles. The Kier molecular flexibility index (Phi) is 4.55. The van der Waals surface area contributed by atoms with E-state index in [9.17, 15) is 0 Å². The van der Waals surface area contributed by atoms with Crippen LogP contribution in [0, 0.1) is 0 Å². The third-order valence-electron chi connectivity index (χ3n) is 3.72. The molecule has 3 rings (SSSR count). The second kappa shape index (κ2) is 6.46. The highest BCUT2D eigenvalue weighted by atomic mass is 35.5. The van der Waals surface area contributed by atoms with Gasteiger partial charge in [-0.15, -0.1) is 11.3 Å². The smallest absolute Gasteiger partial charge is 0.225 e. The van der Waals surface area contributed by atoms with Gasteiger partial charge >= 0.3 is 0 Å². The number of hydrogen-bond acceptors (Lipinski definition) is 4. The van der Waals surface area contributed by atoms with Gasteiger partial charge in [0.1, 0.15) is 10.6 Å². The summed E-state index contributed by atoms with van der Waals surface area (Å²) in [7, 11) is 0. The van der Waals surface area contributed by atoms with Crippen LogP contribution in [0.1, 0.15) is 39.2 Å². The molecular weight excluding hydrogens is 326 g/mol. The molecule has 0 aliphatic rings. The number of thiophene rings is 1. The monoisotopic (exact) mass is 345 g/mol. The van der Waals surface area contributed by atoms with Gasteiger partial charge in [0, 0.05) is 17.0 Å². The molecule has 2 aromatic heterocycles. The van der Waals surface area contributed by atoms with Crippen LogP contribution in [0.5, 0.6) is 0 Å². The number of hydrogen-bond donors (Lipinski definition) is 1. The number of aromatic nitrogens is 2. The third kappa shape index (κ3) is 3.33. The fourth-order valence-corrected chi connectivity index (χ4v) is 3.72. The predicted octanol–water partition coefficient (Wildman–Crippen LogP) is 5.96. The minimum absolute atomic E-state index is 0.278. The molecule has 5 heteroatoms. The molecule has 0 fully saturated rings. The van der Waals surface area contributed by atoms with Gasteiger partial charge in [-0.3, -0.25) is 0 Å². The molecule has 3 aromatic rings. The van der Waals surface area contributed by atoms with E-state index in [0.29, 0.717) is 5.92 Å². The Morgan fingerprint density at radius 2 is 1.74 bits per heavy atom. The molecule has 1 aromatic carbocycles. The number of nitrogens with zero attached hydrogens (tertiary/aromatic N) is 2. The molecule has 0 atom stereocenters. The van der Waals surface area contributed by atoms with Crippen molar-refractivity contribution < 1.29 is 0 Å². The minimum atomic E-state index is 0.278.